The fraction of sp³-hybridized carbons (Fsp3) is 0.716. The number of benzene rings is 2. The van der Waals surface area contributed by atoms with Gasteiger partial charge in [-0.3, -0.25) is 0 Å². The average Bonchev–Trinajstić information content (AvgIpc) is 0.804. The van der Waals surface area contributed by atoms with Crippen molar-refractivity contribution in [2.24, 2.45) is 0 Å². The molecule has 1 aliphatic carbocycles. The Kier molecular flexibility index (Phi) is 58.9. The van der Waals surface area contributed by atoms with Gasteiger partial charge in [-0.25, -0.2) is 4.58 Å². The van der Waals surface area contributed by atoms with Gasteiger partial charge in [0, 0.05) is 41.5 Å². The Morgan fingerprint density at radius 1 is 0.298 bits per heavy atom. The highest BCUT2D eigenvalue weighted by molar-refractivity contribution is 6.32. The third-order valence-electron chi connectivity index (χ3n) is 13.1. The maximum Gasteiger partial charge on any atom is 0.200 e. The van der Waals surface area contributed by atoms with E-state index in [0.717, 1.165) is 33.7 Å². The topological polar surface area (TPSA) is 272 Å². The van der Waals surface area contributed by atoms with Crippen LogP contribution in [0.5, 0.6) is 0 Å². The zero-order valence-electron chi connectivity index (χ0n) is 55.6. The Balaban J connectivity index is 1.64. The predicted octanol–water partition coefficient (Wildman–Crippen LogP) is 2.83. The van der Waals surface area contributed by atoms with Crippen molar-refractivity contribution in [3.05, 3.63) is 94.6 Å². The number of aliphatic hydroxyl groups excluding tert-OH is 4. The number of allylic oxidation sites excluding steroid dienone is 5. The molecular weight excluding hydrogens is 1250 g/mol. The first kappa shape index (κ1) is 84.7. The predicted molar refractivity (Wildman–Crippen MR) is 354 cm³/mol. The van der Waals surface area contributed by atoms with Gasteiger partial charge in [0.2, 0.25) is 0 Å². The van der Waals surface area contributed by atoms with Crippen molar-refractivity contribution in [3.63, 3.8) is 0 Å². The summed E-state index contributed by atoms with van der Waals surface area (Å²) in [6, 6.07) is 16.4. The van der Waals surface area contributed by atoms with Crippen molar-refractivity contribution in [1.82, 2.24) is 0 Å². The van der Waals surface area contributed by atoms with Gasteiger partial charge < -0.3 is 120 Å². The van der Waals surface area contributed by atoms with Crippen molar-refractivity contribution < 1.29 is 120 Å². The highest BCUT2D eigenvalue weighted by Gasteiger charge is 2.19. The Hall–Kier alpha value is -3.54. The first-order valence-electron chi connectivity index (χ1n) is 32.9. The van der Waals surface area contributed by atoms with Crippen molar-refractivity contribution in [2.45, 2.75) is 0 Å². The molecular formula is C67H112ClN2O24+. The van der Waals surface area contributed by atoms with Crippen LogP contribution in [0.3, 0.4) is 0 Å². The van der Waals surface area contributed by atoms with Gasteiger partial charge >= 0.3 is 0 Å². The minimum Gasteiger partial charge on any atom is -0.394 e. The Morgan fingerprint density at radius 2 is 0.553 bits per heavy atom. The van der Waals surface area contributed by atoms with Crippen molar-refractivity contribution in [2.75, 3.05) is 322 Å². The van der Waals surface area contributed by atoms with Crippen LogP contribution in [0, 0.1) is 0 Å². The van der Waals surface area contributed by atoms with E-state index in [9.17, 15) is 0 Å². The third kappa shape index (κ3) is 47.4. The van der Waals surface area contributed by atoms with Crippen LogP contribution >= 0.6 is 11.6 Å². The van der Waals surface area contributed by atoms with Crippen LogP contribution in [-0.4, -0.2) is 348 Å². The summed E-state index contributed by atoms with van der Waals surface area (Å²) in [6.45, 7) is 19.6. The quantitative estimate of drug-likeness (QED) is 0.0548. The lowest BCUT2D eigenvalue weighted by Crippen LogP contribution is -2.31. The highest BCUT2D eigenvalue weighted by Crippen LogP contribution is 2.35. The standard InChI is InChI=1S/C67H112ClN2O24/c68-66-4-2-1-3-65(66)67(61-5-9-63(10-6-61)69(13-21-75-29-37-83-45-53-91-57-49-87-41-33-79-25-17-71)14-22-76-30-38-84-46-54-92-58-50-88-42-34-80-26-18-72)62-7-11-64(12-8-62)70(15-23-77-31-39-85-47-55-93-59-51-89-43-35-81-27-19-73)16-24-78-32-40-86-48-56-94-60-52-90-44-36-82-28-20-74/h1-12,71-74H,13-60H2/q+1. The Morgan fingerprint density at radius 3 is 0.830 bits per heavy atom. The lowest BCUT2D eigenvalue weighted by molar-refractivity contribution is -0.532. The normalized spacial score (nSPS) is 12.3. The molecule has 4 N–H and O–H groups in total. The van der Waals surface area contributed by atoms with Gasteiger partial charge in [0.25, 0.3) is 0 Å². The molecule has 0 fully saturated rings. The molecule has 0 saturated carbocycles. The number of ether oxygens (including phenoxy) is 20. The number of anilines is 1. The molecule has 1 aliphatic rings. The summed E-state index contributed by atoms with van der Waals surface area (Å²) in [7, 11) is 0. The number of hydrogen-bond donors (Lipinski definition) is 4. The zero-order valence-corrected chi connectivity index (χ0v) is 56.4. The fourth-order valence-corrected chi connectivity index (χ4v) is 8.67. The molecule has 2 aromatic carbocycles. The molecule has 0 bridgehead atoms. The van der Waals surface area contributed by atoms with E-state index in [2.05, 4.69) is 58.0 Å². The van der Waals surface area contributed by atoms with Gasteiger partial charge in [-0.05, 0) is 47.1 Å². The molecule has 0 radical (unpaired) electrons. The molecule has 0 heterocycles. The van der Waals surface area contributed by atoms with E-state index in [-0.39, 0.29) is 26.4 Å². The molecule has 0 spiro atoms. The summed E-state index contributed by atoms with van der Waals surface area (Å²) in [5.74, 6) is 0. The second-order valence-electron chi connectivity index (χ2n) is 20.1. The fourth-order valence-electron chi connectivity index (χ4n) is 8.44. The smallest absolute Gasteiger partial charge is 0.200 e. The van der Waals surface area contributed by atoms with E-state index in [1.165, 1.54) is 0 Å². The second-order valence-corrected chi connectivity index (χ2v) is 20.5. The molecule has 27 heteroatoms. The van der Waals surface area contributed by atoms with Gasteiger partial charge in [0.15, 0.2) is 18.8 Å². The molecule has 94 heavy (non-hydrogen) atoms. The van der Waals surface area contributed by atoms with Crippen LogP contribution in [0.1, 0.15) is 11.1 Å². The zero-order chi connectivity index (χ0) is 66.8. The highest BCUT2D eigenvalue weighted by atomic mass is 35.5. The Bertz CT molecular complexity index is 2040. The van der Waals surface area contributed by atoms with E-state index in [1.54, 1.807) is 0 Å². The molecule has 2 aromatic rings. The molecule has 0 unspecified atom stereocenters. The van der Waals surface area contributed by atoms with E-state index in [1.807, 2.05) is 24.3 Å². The van der Waals surface area contributed by atoms with Gasteiger partial charge in [0.05, 0.1) is 277 Å². The molecule has 0 aliphatic heterocycles. The summed E-state index contributed by atoms with van der Waals surface area (Å²) in [4.78, 5) is 2.24. The van der Waals surface area contributed by atoms with Crippen LogP contribution in [0.4, 0.5) is 5.69 Å². The minimum atomic E-state index is -0.00704. The van der Waals surface area contributed by atoms with Gasteiger partial charge in [-0.2, -0.15) is 0 Å². The SMILES string of the molecule is OCCOCCOCCOCCOCCOCCN(CCOCCOCCOCCOCCOCCO)c1ccc(C(=C2C=CC(=[N+](CCOCCOCCOCCOCCOCCO)CCOCCOCCOCCOCCOCCO)C=C2)c2ccccc2Cl)cc1. The van der Waals surface area contributed by atoms with Crippen LogP contribution in [0.15, 0.2) is 78.4 Å². The number of nitrogens with zero attached hydrogens (tertiary/aromatic N) is 2. The van der Waals surface area contributed by atoms with Crippen molar-refractivity contribution >= 4 is 28.6 Å². The summed E-state index contributed by atoms with van der Waals surface area (Å²) >= 11 is 7.01. The molecule has 3 rings (SSSR count). The van der Waals surface area contributed by atoms with Crippen LogP contribution < -0.4 is 4.90 Å². The number of halogens is 1. The van der Waals surface area contributed by atoms with Crippen LogP contribution in [0.25, 0.3) is 5.57 Å². The summed E-state index contributed by atoms with van der Waals surface area (Å²) in [6.07, 6.45) is 8.50. The molecule has 0 atom stereocenters. The molecule has 26 nitrogen and oxygen atoms in total. The first-order valence-corrected chi connectivity index (χ1v) is 33.3. The minimum absolute atomic E-state index is 0.00704. The monoisotopic (exact) mass is 1360 g/mol. The van der Waals surface area contributed by atoms with E-state index in [4.69, 9.17) is 127 Å². The number of rotatable bonds is 71. The first-order chi connectivity index (χ1) is 46.6. The van der Waals surface area contributed by atoms with E-state index in [0.29, 0.717) is 295 Å². The average molecular weight is 1370 g/mol. The van der Waals surface area contributed by atoms with E-state index < -0.39 is 0 Å². The summed E-state index contributed by atoms with van der Waals surface area (Å²) in [5.41, 5.74) is 5.87. The van der Waals surface area contributed by atoms with Gasteiger partial charge in [-0.15, -0.1) is 0 Å². The number of hydrogen-bond acceptors (Lipinski definition) is 25. The number of aliphatic hydroxyl groups is 4. The Labute approximate surface area is 562 Å². The third-order valence-corrected chi connectivity index (χ3v) is 13.4. The molecule has 0 amide bonds. The maximum atomic E-state index is 8.79. The van der Waals surface area contributed by atoms with Gasteiger partial charge in [-0.1, -0.05) is 41.9 Å². The van der Waals surface area contributed by atoms with Crippen LogP contribution in [0.2, 0.25) is 5.02 Å². The van der Waals surface area contributed by atoms with Crippen molar-refractivity contribution in [3.8, 4) is 0 Å². The van der Waals surface area contributed by atoms with Gasteiger partial charge in [0.1, 0.15) is 13.2 Å². The largest absolute Gasteiger partial charge is 0.394 e. The molecule has 540 valence electrons. The molecule has 0 aromatic heterocycles. The second kappa shape index (κ2) is 65.4. The van der Waals surface area contributed by atoms with Crippen LogP contribution in [-0.2, 0) is 94.7 Å². The molecule has 0 saturated heterocycles. The lowest BCUT2D eigenvalue weighted by atomic mass is 9.90. The van der Waals surface area contributed by atoms with Crippen molar-refractivity contribution in [1.29, 1.82) is 0 Å². The summed E-state index contributed by atoms with van der Waals surface area (Å²) < 4.78 is 114. The van der Waals surface area contributed by atoms with E-state index >= 15 is 0 Å². The maximum absolute atomic E-state index is 8.79. The lowest BCUT2D eigenvalue weighted by Gasteiger charge is -2.25. The summed E-state index contributed by atoms with van der Waals surface area (Å²) in [5, 5.41) is 35.8.